The van der Waals surface area contributed by atoms with Gasteiger partial charge in [0.1, 0.15) is 0 Å². The molecule has 0 atom stereocenters. The summed E-state index contributed by atoms with van der Waals surface area (Å²) >= 11 is 0. The molecule has 0 rings (SSSR count). The molecule has 0 heterocycles. The summed E-state index contributed by atoms with van der Waals surface area (Å²) in [6.45, 7) is -0.350. The molecule has 0 saturated carbocycles. The predicted octanol–water partition coefficient (Wildman–Crippen LogP) is 1.72. The van der Waals surface area contributed by atoms with Gasteiger partial charge in [-0.1, -0.05) is 18.6 Å². The number of allylic oxidation sites excluding steroid dienone is 2. The maximum Gasteiger partial charge on any atom is 0.331 e. The number of carbonyl (C=O) groups is 2. The van der Waals surface area contributed by atoms with Crippen LogP contribution in [0.15, 0.2) is 23.3 Å². The molecule has 0 spiro atoms. The fourth-order valence-corrected chi connectivity index (χ4v) is 1.85. The summed E-state index contributed by atoms with van der Waals surface area (Å²) in [5.74, 6) is -2.00. The fourth-order valence-electron chi connectivity index (χ4n) is 1.85. The van der Waals surface area contributed by atoms with E-state index in [1.807, 2.05) is 0 Å². The highest BCUT2D eigenvalue weighted by Crippen LogP contribution is 2.10. The normalized spacial score (nSPS) is 12.5. The highest BCUT2D eigenvalue weighted by Gasteiger charge is 2.06. The van der Waals surface area contributed by atoms with Gasteiger partial charge in [0, 0.05) is 37.2 Å². The number of rotatable bonds is 12. The summed E-state index contributed by atoms with van der Waals surface area (Å²) in [5.41, 5.74) is 0.460. The number of unbranched alkanes of at least 4 members (excludes halogenated alkanes) is 4. The minimum Gasteiger partial charge on any atom is -0.478 e. The number of aliphatic hydroxyl groups excluding tert-OH is 2. The van der Waals surface area contributed by atoms with Gasteiger partial charge in [0.25, 0.3) is 0 Å². The van der Waals surface area contributed by atoms with Crippen molar-refractivity contribution in [2.75, 3.05) is 13.2 Å². The van der Waals surface area contributed by atoms with Gasteiger partial charge in [-0.3, -0.25) is 0 Å². The van der Waals surface area contributed by atoms with Gasteiger partial charge in [0.15, 0.2) is 0 Å². The first-order valence-electron chi connectivity index (χ1n) is 7.09. The van der Waals surface area contributed by atoms with Gasteiger partial charge in [0.2, 0.25) is 0 Å². The second-order valence-corrected chi connectivity index (χ2v) is 4.65. The summed E-state index contributed by atoms with van der Waals surface area (Å²) in [5, 5.41) is 35.1. The average Bonchev–Trinajstić information content (AvgIpc) is 2.43. The van der Waals surface area contributed by atoms with Gasteiger partial charge in [-0.25, -0.2) is 9.59 Å². The maximum atomic E-state index is 10.8. The lowest BCUT2D eigenvalue weighted by molar-refractivity contribution is -0.133. The van der Waals surface area contributed by atoms with E-state index in [1.54, 1.807) is 12.2 Å². The van der Waals surface area contributed by atoms with Crippen LogP contribution in [0.4, 0.5) is 0 Å². The van der Waals surface area contributed by atoms with Gasteiger partial charge < -0.3 is 20.4 Å². The molecule has 0 aromatic heterocycles. The van der Waals surface area contributed by atoms with Crippen LogP contribution < -0.4 is 0 Å². The Kier molecular flexibility index (Phi) is 11.2. The molecule has 0 saturated heterocycles. The number of aliphatic carboxylic acids is 2. The van der Waals surface area contributed by atoms with E-state index >= 15 is 0 Å². The van der Waals surface area contributed by atoms with Crippen LogP contribution in [0.25, 0.3) is 0 Å². The van der Waals surface area contributed by atoms with Crippen molar-refractivity contribution in [3.8, 4) is 0 Å². The first kappa shape index (κ1) is 19.3. The molecule has 0 aliphatic carbocycles. The fraction of sp³-hybridized carbons (Fsp3) is 0.600. The molecule has 4 N–H and O–H groups in total. The number of carboxylic acids is 2. The van der Waals surface area contributed by atoms with E-state index in [0.29, 0.717) is 12.8 Å². The van der Waals surface area contributed by atoms with E-state index in [0.717, 1.165) is 19.3 Å². The Morgan fingerprint density at radius 3 is 1.38 bits per heavy atom. The Morgan fingerprint density at radius 2 is 1.10 bits per heavy atom. The molecule has 6 heteroatoms. The number of carboxylic acid groups (broad SMARTS) is 2. The second-order valence-electron chi connectivity index (χ2n) is 4.65. The molecule has 0 aliphatic heterocycles. The van der Waals surface area contributed by atoms with Crippen molar-refractivity contribution >= 4 is 11.9 Å². The molecule has 21 heavy (non-hydrogen) atoms. The first-order chi connectivity index (χ1) is 10.0. The molecule has 6 nitrogen and oxygen atoms in total. The van der Waals surface area contributed by atoms with Crippen LogP contribution in [0.2, 0.25) is 0 Å². The third-order valence-corrected chi connectivity index (χ3v) is 3.00. The van der Waals surface area contributed by atoms with Crippen LogP contribution in [0, 0.1) is 0 Å². The SMILES string of the molecule is O=C(O)/C(=C/CCCCC/C=C(\CCO)C(=O)O)CCO. The summed E-state index contributed by atoms with van der Waals surface area (Å²) in [6, 6.07) is 0. The van der Waals surface area contributed by atoms with Crippen molar-refractivity contribution in [2.45, 2.75) is 44.9 Å². The minimum atomic E-state index is -0.998. The van der Waals surface area contributed by atoms with Crippen LogP contribution >= 0.6 is 0 Å². The van der Waals surface area contributed by atoms with Crippen molar-refractivity contribution < 1.29 is 30.0 Å². The Morgan fingerprint density at radius 1 is 0.714 bits per heavy atom. The monoisotopic (exact) mass is 300 g/mol. The van der Waals surface area contributed by atoms with E-state index in [4.69, 9.17) is 20.4 Å². The first-order valence-corrected chi connectivity index (χ1v) is 7.09. The average molecular weight is 300 g/mol. The zero-order chi connectivity index (χ0) is 16.1. The van der Waals surface area contributed by atoms with Gasteiger partial charge >= 0.3 is 11.9 Å². The molecule has 0 fully saturated rings. The third-order valence-electron chi connectivity index (χ3n) is 3.00. The summed E-state index contributed by atoms with van der Waals surface area (Å²) in [4.78, 5) is 21.6. The molecular formula is C15H24O6. The van der Waals surface area contributed by atoms with Crippen molar-refractivity contribution in [1.82, 2.24) is 0 Å². The quantitative estimate of drug-likeness (QED) is 0.322. The van der Waals surface area contributed by atoms with Crippen molar-refractivity contribution in [2.24, 2.45) is 0 Å². The molecule has 0 aromatic carbocycles. The number of hydrogen-bond acceptors (Lipinski definition) is 4. The van der Waals surface area contributed by atoms with E-state index in [1.165, 1.54) is 0 Å². The van der Waals surface area contributed by atoms with E-state index < -0.39 is 11.9 Å². The van der Waals surface area contributed by atoms with Crippen LogP contribution in [-0.4, -0.2) is 45.6 Å². The standard InChI is InChI=1S/C15H24O6/c16-10-8-12(14(18)19)6-4-2-1-3-5-7-13(9-11-17)15(20)21/h6-7,16-17H,1-5,8-11H2,(H,18,19)(H,20,21)/b12-6+,13-7+. The highest BCUT2D eigenvalue weighted by atomic mass is 16.4. The van der Waals surface area contributed by atoms with E-state index in [9.17, 15) is 9.59 Å². The molecule has 0 unspecified atom stereocenters. The maximum absolute atomic E-state index is 10.8. The van der Waals surface area contributed by atoms with E-state index in [-0.39, 0.29) is 37.2 Å². The number of hydrogen-bond donors (Lipinski definition) is 4. The Labute approximate surface area is 124 Å². The lowest BCUT2D eigenvalue weighted by atomic mass is 10.1. The zero-order valence-electron chi connectivity index (χ0n) is 12.1. The molecule has 0 aliphatic rings. The molecule has 0 bridgehead atoms. The Hall–Kier alpha value is -1.66. The van der Waals surface area contributed by atoms with Crippen molar-refractivity contribution in [3.63, 3.8) is 0 Å². The summed E-state index contributed by atoms with van der Waals surface area (Å²) < 4.78 is 0. The Balaban J connectivity index is 3.95. The molecule has 0 aromatic rings. The highest BCUT2D eigenvalue weighted by molar-refractivity contribution is 5.86. The Bertz CT molecular complexity index is 348. The van der Waals surface area contributed by atoms with Crippen molar-refractivity contribution in [3.05, 3.63) is 23.3 Å². The van der Waals surface area contributed by atoms with Crippen LogP contribution in [0.5, 0.6) is 0 Å². The number of aliphatic hydroxyl groups is 2. The van der Waals surface area contributed by atoms with Crippen molar-refractivity contribution in [1.29, 1.82) is 0 Å². The molecule has 0 amide bonds. The molecule has 120 valence electrons. The summed E-state index contributed by atoms with van der Waals surface area (Å²) in [7, 11) is 0. The second kappa shape index (κ2) is 12.1. The van der Waals surface area contributed by atoms with Crippen LogP contribution in [-0.2, 0) is 9.59 Å². The predicted molar refractivity (Wildman–Crippen MR) is 77.9 cm³/mol. The van der Waals surface area contributed by atoms with Crippen LogP contribution in [0.3, 0.4) is 0 Å². The largest absolute Gasteiger partial charge is 0.478 e. The molecule has 0 radical (unpaired) electrons. The zero-order valence-corrected chi connectivity index (χ0v) is 12.1. The minimum absolute atomic E-state index is 0.154. The van der Waals surface area contributed by atoms with Gasteiger partial charge in [-0.15, -0.1) is 0 Å². The molecular weight excluding hydrogens is 276 g/mol. The summed E-state index contributed by atoms with van der Waals surface area (Å²) in [6.07, 6.45) is 7.33. The third kappa shape index (κ3) is 9.81. The smallest absolute Gasteiger partial charge is 0.331 e. The van der Waals surface area contributed by atoms with E-state index in [2.05, 4.69) is 0 Å². The van der Waals surface area contributed by atoms with Gasteiger partial charge in [-0.2, -0.15) is 0 Å². The lowest BCUT2D eigenvalue weighted by Gasteiger charge is -2.01. The lowest BCUT2D eigenvalue weighted by Crippen LogP contribution is -2.02. The van der Waals surface area contributed by atoms with Gasteiger partial charge in [0.05, 0.1) is 0 Å². The van der Waals surface area contributed by atoms with Crippen LogP contribution in [0.1, 0.15) is 44.9 Å². The topological polar surface area (TPSA) is 115 Å². The van der Waals surface area contributed by atoms with Gasteiger partial charge in [-0.05, 0) is 25.7 Å².